The van der Waals surface area contributed by atoms with Gasteiger partial charge in [-0.25, -0.2) is 9.97 Å². The smallest absolute Gasteiger partial charge is 0.233 e. The first-order valence-corrected chi connectivity index (χ1v) is 13.5. The lowest BCUT2D eigenvalue weighted by Crippen LogP contribution is -2.41. The van der Waals surface area contributed by atoms with Crippen LogP contribution >= 0.6 is 11.8 Å². The molecule has 8 nitrogen and oxygen atoms in total. The molecule has 1 amide bonds. The summed E-state index contributed by atoms with van der Waals surface area (Å²) >= 11 is 1.48. The maximum absolute atomic E-state index is 13.1. The molecule has 35 heavy (non-hydrogen) atoms. The monoisotopic (exact) mass is 491 g/mol. The molecule has 1 aromatic carbocycles. The molecule has 1 fully saturated rings. The van der Waals surface area contributed by atoms with Gasteiger partial charge in [-0.3, -0.25) is 9.48 Å². The summed E-state index contributed by atoms with van der Waals surface area (Å²) in [6.07, 6.45) is 7.20. The Bertz CT molecular complexity index is 1340. The Hall–Kier alpha value is -2.94. The number of nitrogens with zero attached hydrogens (tertiary/aromatic N) is 6. The van der Waals surface area contributed by atoms with E-state index in [1.807, 2.05) is 40.4 Å². The molecule has 5 rings (SSSR count). The zero-order valence-electron chi connectivity index (χ0n) is 20.7. The predicted octanol–water partition coefficient (Wildman–Crippen LogP) is 4.65. The van der Waals surface area contributed by atoms with Crippen molar-refractivity contribution < 1.29 is 4.79 Å². The van der Waals surface area contributed by atoms with Crippen molar-refractivity contribution in [3.05, 3.63) is 47.5 Å². The number of aryl methyl sites for hydroxylation is 4. The number of amides is 1. The molecule has 0 saturated heterocycles. The van der Waals surface area contributed by atoms with Crippen molar-refractivity contribution in [3.63, 3.8) is 0 Å². The minimum Gasteiger partial charge on any atom is -0.352 e. The lowest BCUT2D eigenvalue weighted by atomic mass is 9.95. The number of nitrogens with one attached hydrogen (secondary N) is 1. The highest BCUT2D eigenvalue weighted by Gasteiger charge is 2.25. The summed E-state index contributed by atoms with van der Waals surface area (Å²) in [5.41, 5.74) is 3.78. The Morgan fingerprint density at radius 3 is 2.69 bits per heavy atom. The van der Waals surface area contributed by atoms with E-state index in [9.17, 15) is 4.79 Å². The van der Waals surface area contributed by atoms with Crippen LogP contribution in [0, 0.1) is 13.8 Å². The second kappa shape index (κ2) is 10.4. The third-order valence-corrected chi connectivity index (χ3v) is 8.01. The number of benzene rings is 1. The quantitative estimate of drug-likeness (QED) is 0.285. The van der Waals surface area contributed by atoms with Gasteiger partial charge in [0, 0.05) is 30.1 Å². The van der Waals surface area contributed by atoms with Crippen LogP contribution in [-0.4, -0.2) is 46.6 Å². The molecular weight excluding hydrogens is 458 g/mol. The molecule has 4 aromatic rings. The maximum atomic E-state index is 13.1. The lowest BCUT2D eigenvalue weighted by molar-refractivity contribution is -0.121. The highest BCUT2D eigenvalue weighted by molar-refractivity contribution is 8.00. The number of hydrogen-bond donors (Lipinski definition) is 1. The minimum absolute atomic E-state index is 0.0948. The molecule has 3 heterocycles. The number of thioether (sulfide) groups is 1. The average molecular weight is 492 g/mol. The van der Waals surface area contributed by atoms with Crippen LogP contribution in [0.15, 0.2) is 35.5 Å². The number of fused-ring (bicyclic) bond motifs is 3. The third-order valence-electron chi connectivity index (χ3n) is 6.71. The molecule has 0 spiro atoms. The first-order valence-electron chi connectivity index (χ1n) is 12.6. The van der Waals surface area contributed by atoms with Crippen LogP contribution in [0.5, 0.6) is 0 Å². The molecule has 9 heteroatoms. The minimum atomic E-state index is -0.226. The number of aromatic nitrogens is 6. The Morgan fingerprint density at radius 2 is 1.94 bits per heavy atom. The van der Waals surface area contributed by atoms with Crippen LogP contribution < -0.4 is 5.32 Å². The van der Waals surface area contributed by atoms with Gasteiger partial charge < -0.3 is 5.32 Å². The number of rotatable bonds is 8. The highest BCUT2D eigenvalue weighted by Crippen LogP contribution is 2.29. The van der Waals surface area contributed by atoms with Gasteiger partial charge in [-0.2, -0.15) is 9.61 Å². The van der Waals surface area contributed by atoms with Crippen LogP contribution in [0.4, 0.5) is 0 Å². The van der Waals surface area contributed by atoms with E-state index >= 15 is 0 Å². The fraction of sp³-hybridized carbons (Fsp3) is 0.500. The second-order valence-electron chi connectivity index (χ2n) is 9.43. The Kier molecular flexibility index (Phi) is 7.04. The number of hydrogen-bond acceptors (Lipinski definition) is 6. The molecule has 3 aromatic heterocycles. The summed E-state index contributed by atoms with van der Waals surface area (Å²) < 4.78 is 3.82. The van der Waals surface area contributed by atoms with E-state index in [0.717, 1.165) is 53.0 Å². The van der Waals surface area contributed by atoms with Crippen molar-refractivity contribution in [2.75, 3.05) is 0 Å². The van der Waals surface area contributed by atoms with Crippen LogP contribution in [0.1, 0.15) is 62.7 Å². The Morgan fingerprint density at radius 1 is 1.14 bits per heavy atom. The molecule has 0 radical (unpaired) electrons. The van der Waals surface area contributed by atoms with Crippen LogP contribution in [0.2, 0.25) is 0 Å². The standard InChI is InChI=1S/C26H33N7OS/c1-4-22(25(34)27-19-10-6-5-7-11-19)35-26-28-21-13-9-8-12-20(21)24-29-23(31-33(24)26)14-15-32-18(3)16-17(2)30-32/h8-9,12-13,16,19,22H,4-7,10-11,14-15H2,1-3H3,(H,27,34)/t22-/m0/s1. The highest BCUT2D eigenvalue weighted by atomic mass is 32.2. The molecule has 1 saturated carbocycles. The summed E-state index contributed by atoms with van der Waals surface area (Å²) in [5, 5.41) is 14.1. The van der Waals surface area contributed by atoms with E-state index in [1.165, 1.54) is 31.0 Å². The topological polar surface area (TPSA) is 90.0 Å². The predicted molar refractivity (Wildman–Crippen MR) is 139 cm³/mol. The molecular formula is C26H33N7OS. The molecule has 0 unspecified atom stereocenters. The summed E-state index contributed by atoms with van der Waals surface area (Å²) in [7, 11) is 0. The number of carbonyl (C=O) groups excluding carboxylic acids is 1. The second-order valence-corrected chi connectivity index (χ2v) is 10.6. The van der Waals surface area contributed by atoms with E-state index in [0.29, 0.717) is 24.2 Å². The molecule has 184 valence electrons. The van der Waals surface area contributed by atoms with Gasteiger partial charge in [-0.15, -0.1) is 5.10 Å². The van der Waals surface area contributed by atoms with Gasteiger partial charge in [0.15, 0.2) is 16.6 Å². The van der Waals surface area contributed by atoms with Crippen molar-refractivity contribution in [2.24, 2.45) is 0 Å². The van der Waals surface area contributed by atoms with Gasteiger partial charge in [-0.05, 0) is 51.3 Å². The zero-order chi connectivity index (χ0) is 24.4. The molecule has 1 aliphatic carbocycles. The first kappa shape index (κ1) is 23.8. The zero-order valence-corrected chi connectivity index (χ0v) is 21.5. The summed E-state index contributed by atoms with van der Waals surface area (Å²) in [5.74, 6) is 0.842. The normalized spacial score (nSPS) is 15.6. The van der Waals surface area contributed by atoms with Crippen molar-refractivity contribution in [3.8, 4) is 0 Å². The molecule has 1 atom stereocenters. The molecule has 1 N–H and O–H groups in total. The number of carbonyl (C=O) groups is 1. The van der Waals surface area contributed by atoms with Gasteiger partial charge in [0.25, 0.3) is 0 Å². The van der Waals surface area contributed by atoms with Gasteiger partial charge in [-0.1, -0.05) is 50.1 Å². The fourth-order valence-electron chi connectivity index (χ4n) is 4.85. The maximum Gasteiger partial charge on any atom is 0.233 e. The van der Waals surface area contributed by atoms with E-state index in [-0.39, 0.29) is 11.2 Å². The summed E-state index contributed by atoms with van der Waals surface area (Å²) in [6, 6.07) is 10.4. The van der Waals surface area contributed by atoms with Crippen LogP contribution in [0.25, 0.3) is 16.6 Å². The largest absolute Gasteiger partial charge is 0.352 e. The molecule has 0 aliphatic heterocycles. The van der Waals surface area contributed by atoms with Gasteiger partial charge >= 0.3 is 0 Å². The van der Waals surface area contributed by atoms with Crippen LogP contribution in [-0.2, 0) is 17.8 Å². The molecule has 0 bridgehead atoms. The van der Waals surface area contributed by atoms with E-state index in [1.54, 1.807) is 0 Å². The van der Waals surface area contributed by atoms with Gasteiger partial charge in [0.1, 0.15) is 0 Å². The first-order chi connectivity index (χ1) is 17.0. The number of para-hydroxylation sites is 1. The van der Waals surface area contributed by atoms with Crippen LogP contribution in [0.3, 0.4) is 0 Å². The Balaban J connectivity index is 1.43. The average Bonchev–Trinajstić information content (AvgIpc) is 3.44. The Labute approximate surface area is 209 Å². The summed E-state index contributed by atoms with van der Waals surface area (Å²) in [6.45, 7) is 6.83. The van der Waals surface area contributed by atoms with Gasteiger partial charge in [0.05, 0.1) is 16.5 Å². The summed E-state index contributed by atoms with van der Waals surface area (Å²) in [4.78, 5) is 22.9. The lowest BCUT2D eigenvalue weighted by Gasteiger charge is -2.25. The van der Waals surface area contributed by atoms with E-state index in [2.05, 4.69) is 30.3 Å². The van der Waals surface area contributed by atoms with Crippen molar-refractivity contribution in [2.45, 2.75) is 88.7 Å². The van der Waals surface area contributed by atoms with Crippen molar-refractivity contribution in [1.82, 2.24) is 34.7 Å². The SMILES string of the molecule is CC[C@H](Sc1nc2ccccc2c2nc(CCn3nc(C)cc3C)nn12)C(=O)NC1CCCCC1. The van der Waals surface area contributed by atoms with E-state index in [4.69, 9.17) is 15.1 Å². The van der Waals surface area contributed by atoms with E-state index < -0.39 is 0 Å². The van der Waals surface area contributed by atoms with Crippen molar-refractivity contribution in [1.29, 1.82) is 0 Å². The van der Waals surface area contributed by atoms with Crippen molar-refractivity contribution >= 4 is 34.2 Å². The molecule has 1 aliphatic rings. The third kappa shape index (κ3) is 5.19. The van der Waals surface area contributed by atoms with Gasteiger partial charge in [0.2, 0.25) is 5.91 Å². The fourth-order valence-corrected chi connectivity index (χ4v) is 5.83.